The lowest BCUT2D eigenvalue weighted by molar-refractivity contribution is -0.139. The van der Waals surface area contributed by atoms with Crippen LogP contribution in [0.3, 0.4) is 0 Å². The van der Waals surface area contributed by atoms with Gasteiger partial charge in [0.15, 0.2) is 0 Å². The van der Waals surface area contributed by atoms with Crippen LogP contribution in [-0.4, -0.2) is 40.7 Å². The van der Waals surface area contributed by atoms with Crippen LogP contribution in [0.15, 0.2) is 0 Å². The minimum absolute atomic E-state index is 0.180. The van der Waals surface area contributed by atoms with Gasteiger partial charge in [0.1, 0.15) is 6.04 Å². The first-order valence-electron chi connectivity index (χ1n) is 6.36. The van der Waals surface area contributed by atoms with Crippen molar-refractivity contribution >= 4 is 23.8 Å². The van der Waals surface area contributed by atoms with Gasteiger partial charge in [0.2, 0.25) is 0 Å². The third-order valence-electron chi connectivity index (χ3n) is 2.87. The molecule has 2 amide bonds. The maximum Gasteiger partial charge on any atom is 0.326 e. The van der Waals surface area contributed by atoms with Gasteiger partial charge >= 0.3 is 12.0 Å². The van der Waals surface area contributed by atoms with Crippen molar-refractivity contribution < 1.29 is 14.7 Å². The van der Waals surface area contributed by atoms with Gasteiger partial charge in [-0.1, -0.05) is 13.8 Å². The first-order valence-corrected chi connectivity index (χ1v) is 7.52. The first kappa shape index (κ1) is 15.1. The second-order valence-electron chi connectivity index (χ2n) is 5.02. The Bertz CT molecular complexity index is 291. The molecule has 3 N–H and O–H groups in total. The maximum atomic E-state index is 11.7. The molecule has 0 unspecified atom stereocenters. The lowest BCUT2D eigenvalue weighted by Gasteiger charge is -2.24. The van der Waals surface area contributed by atoms with Gasteiger partial charge in [0.25, 0.3) is 0 Å². The van der Waals surface area contributed by atoms with Crippen molar-refractivity contribution in [2.24, 2.45) is 5.92 Å². The zero-order chi connectivity index (χ0) is 13.5. The van der Waals surface area contributed by atoms with Gasteiger partial charge < -0.3 is 15.7 Å². The molecule has 1 aliphatic heterocycles. The van der Waals surface area contributed by atoms with Gasteiger partial charge in [0.05, 0.1) is 0 Å². The Morgan fingerprint density at radius 1 is 1.33 bits per heavy atom. The molecule has 1 atom stereocenters. The third kappa shape index (κ3) is 5.62. The number of amides is 2. The number of nitrogens with one attached hydrogen (secondary N) is 2. The van der Waals surface area contributed by atoms with Crippen LogP contribution in [0.2, 0.25) is 0 Å². The smallest absolute Gasteiger partial charge is 0.326 e. The molecule has 1 saturated heterocycles. The zero-order valence-electron chi connectivity index (χ0n) is 10.9. The van der Waals surface area contributed by atoms with E-state index in [2.05, 4.69) is 10.6 Å². The summed E-state index contributed by atoms with van der Waals surface area (Å²) in [6.07, 6.45) is 2.36. The van der Waals surface area contributed by atoms with Crippen molar-refractivity contribution in [3.05, 3.63) is 0 Å². The summed E-state index contributed by atoms with van der Waals surface area (Å²) in [5, 5.41) is 14.4. The lowest BCUT2D eigenvalue weighted by Crippen LogP contribution is -2.50. The van der Waals surface area contributed by atoms with Gasteiger partial charge in [-0.3, -0.25) is 0 Å². The average molecular weight is 274 g/mol. The second kappa shape index (κ2) is 7.51. The van der Waals surface area contributed by atoms with E-state index < -0.39 is 12.0 Å². The Hall–Kier alpha value is -0.910. The van der Waals surface area contributed by atoms with Crippen LogP contribution in [0.5, 0.6) is 0 Å². The van der Waals surface area contributed by atoms with Crippen molar-refractivity contribution in [2.45, 2.75) is 45.2 Å². The number of urea groups is 1. The van der Waals surface area contributed by atoms with Crippen molar-refractivity contribution in [3.63, 3.8) is 0 Å². The SMILES string of the molecule is CC(C)C[C@@H](NC(=O)NC1CCSCC1)C(=O)O. The van der Waals surface area contributed by atoms with E-state index in [4.69, 9.17) is 5.11 Å². The zero-order valence-corrected chi connectivity index (χ0v) is 11.8. The van der Waals surface area contributed by atoms with Crippen LogP contribution in [0.1, 0.15) is 33.1 Å². The molecule has 0 aliphatic carbocycles. The highest BCUT2D eigenvalue weighted by Gasteiger charge is 2.23. The highest BCUT2D eigenvalue weighted by Crippen LogP contribution is 2.16. The number of hydrogen-bond donors (Lipinski definition) is 3. The van der Waals surface area contributed by atoms with E-state index in [1.165, 1.54) is 0 Å². The van der Waals surface area contributed by atoms with Gasteiger partial charge in [-0.25, -0.2) is 9.59 Å². The fourth-order valence-corrected chi connectivity index (χ4v) is 3.03. The van der Waals surface area contributed by atoms with E-state index in [0.717, 1.165) is 24.3 Å². The number of carboxylic acid groups (broad SMARTS) is 1. The number of thioether (sulfide) groups is 1. The fourth-order valence-electron chi connectivity index (χ4n) is 1.92. The number of hydrogen-bond acceptors (Lipinski definition) is 3. The highest BCUT2D eigenvalue weighted by molar-refractivity contribution is 7.99. The van der Waals surface area contributed by atoms with Crippen molar-refractivity contribution in [2.75, 3.05) is 11.5 Å². The number of rotatable bonds is 5. The van der Waals surface area contributed by atoms with Gasteiger partial charge in [-0.2, -0.15) is 11.8 Å². The van der Waals surface area contributed by atoms with Gasteiger partial charge in [0, 0.05) is 6.04 Å². The predicted molar refractivity (Wildman–Crippen MR) is 72.9 cm³/mol. The molecule has 1 rings (SSSR count). The molecule has 0 radical (unpaired) electrons. The number of carbonyl (C=O) groups is 2. The topological polar surface area (TPSA) is 78.4 Å². The monoisotopic (exact) mass is 274 g/mol. The standard InChI is InChI=1S/C12H22N2O3S/c1-8(2)7-10(11(15)16)14-12(17)13-9-3-5-18-6-4-9/h8-10H,3-7H2,1-2H3,(H,15,16)(H2,13,14,17)/t10-/m1/s1. The third-order valence-corrected chi connectivity index (χ3v) is 3.92. The number of aliphatic carboxylic acids is 1. The minimum atomic E-state index is -0.974. The molecule has 18 heavy (non-hydrogen) atoms. The van der Waals surface area contributed by atoms with E-state index in [0.29, 0.717) is 6.42 Å². The quantitative estimate of drug-likeness (QED) is 0.713. The molecule has 5 nitrogen and oxygen atoms in total. The average Bonchev–Trinajstić information content (AvgIpc) is 2.28. The maximum absolute atomic E-state index is 11.7. The Morgan fingerprint density at radius 2 is 1.94 bits per heavy atom. The molecule has 1 aliphatic rings. The van der Waals surface area contributed by atoms with Crippen LogP contribution in [-0.2, 0) is 4.79 Å². The normalized spacial score (nSPS) is 18.4. The van der Waals surface area contributed by atoms with Gasteiger partial charge in [-0.15, -0.1) is 0 Å². The molecule has 0 aromatic rings. The van der Waals surface area contributed by atoms with Crippen LogP contribution < -0.4 is 10.6 Å². The molecule has 1 fully saturated rings. The molecule has 0 aromatic heterocycles. The van der Waals surface area contributed by atoms with Crippen LogP contribution in [0, 0.1) is 5.92 Å². The van der Waals surface area contributed by atoms with E-state index >= 15 is 0 Å². The second-order valence-corrected chi connectivity index (χ2v) is 6.25. The Labute approximate surface area is 112 Å². The van der Waals surface area contributed by atoms with Crippen LogP contribution in [0.25, 0.3) is 0 Å². The first-order chi connectivity index (χ1) is 8.49. The van der Waals surface area contributed by atoms with Gasteiger partial charge in [-0.05, 0) is 36.7 Å². The summed E-state index contributed by atoms with van der Waals surface area (Å²) in [6.45, 7) is 3.88. The van der Waals surface area contributed by atoms with Crippen molar-refractivity contribution in [1.82, 2.24) is 10.6 Å². The highest BCUT2D eigenvalue weighted by atomic mass is 32.2. The summed E-state index contributed by atoms with van der Waals surface area (Å²) in [5.74, 6) is 1.37. The van der Waals surface area contributed by atoms with E-state index in [9.17, 15) is 9.59 Å². The predicted octanol–water partition coefficient (Wildman–Crippen LogP) is 1.68. The summed E-state index contributed by atoms with van der Waals surface area (Å²) in [4.78, 5) is 22.7. The largest absolute Gasteiger partial charge is 0.480 e. The molecule has 1 heterocycles. The van der Waals surface area contributed by atoms with Crippen LogP contribution in [0.4, 0.5) is 4.79 Å². The van der Waals surface area contributed by atoms with E-state index in [-0.39, 0.29) is 18.0 Å². The van der Waals surface area contributed by atoms with E-state index in [1.807, 2.05) is 25.6 Å². The van der Waals surface area contributed by atoms with Crippen molar-refractivity contribution in [3.8, 4) is 0 Å². The Balaban J connectivity index is 2.37. The Kier molecular flexibility index (Phi) is 6.32. The molecule has 0 bridgehead atoms. The molecule has 104 valence electrons. The molecule has 0 aromatic carbocycles. The summed E-state index contributed by atoms with van der Waals surface area (Å²) in [7, 11) is 0. The molecule has 6 heteroatoms. The van der Waals surface area contributed by atoms with Crippen LogP contribution >= 0.6 is 11.8 Å². The molecule has 0 spiro atoms. The minimum Gasteiger partial charge on any atom is -0.480 e. The Morgan fingerprint density at radius 3 is 2.44 bits per heavy atom. The lowest BCUT2D eigenvalue weighted by atomic mass is 10.0. The molecule has 0 saturated carbocycles. The summed E-state index contributed by atoms with van der Waals surface area (Å²) in [5.41, 5.74) is 0. The summed E-state index contributed by atoms with van der Waals surface area (Å²) in [6, 6.07) is -0.984. The van der Waals surface area contributed by atoms with E-state index in [1.54, 1.807) is 0 Å². The summed E-state index contributed by atoms with van der Waals surface area (Å²) >= 11 is 1.89. The fraction of sp³-hybridized carbons (Fsp3) is 0.833. The molecular weight excluding hydrogens is 252 g/mol. The molecular formula is C12H22N2O3S. The summed E-state index contributed by atoms with van der Waals surface area (Å²) < 4.78 is 0. The number of carbonyl (C=O) groups excluding carboxylic acids is 1. The number of carboxylic acids is 1. The van der Waals surface area contributed by atoms with Crippen molar-refractivity contribution in [1.29, 1.82) is 0 Å².